The third-order valence-corrected chi connectivity index (χ3v) is 5.02. The highest BCUT2D eigenvalue weighted by Crippen LogP contribution is 2.28. The van der Waals surface area contributed by atoms with Gasteiger partial charge in [0.05, 0.1) is 12.7 Å². The zero-order chi connectivity index (χ0) is 19.0. The summed E-state index contributed by atoms with van der Waals surface area (Å²) in [5.41, 5.74) is 0.0771. The molecule has 2 aliphatic rings. The lowest BCUT2D eigenvalue weighted by Crippen LogP contribution is -2.52. The van der Waals surface area contributed by atoms with E-state index in [9.17, 15) is 13.2 Å². The number of alkyl halides is 3. The Balaban J connectivity index is 1.48. The first-order valence-corrected chi connectivity index (χ1v) is 8.97. The fourth-order valence-electron chi connectivity index (χ4n) is 3.48. The van der Waals surface area contributed by atoms with E-state index in [-0.39, 0.29) is 11.8 Å². The van der Waals surface area contributed by atoms with Gasteiger partial charge in [0.2, 0.25) is 0 Å². The van der Waals surface area contributed by atoms with E-state index in [1.165, 1.54) is 6.07 Å². The predicted molar refractivity (Wildman–Crippen MR) is 91.7 cm³/mol. The van der Waals surface area contributed by atoms with Gasteiger partial charge in [-0.25, -0.2) is 0 Å². The van der Waals surface area contributed by atoms with Crippen molar-refractivity contribution >= 4 is 11.5 Å². The fourth-order valence-corrected chi connectivity index (χ4v) is 3.48. The second-order valence-electron chi connectivity index (χ2n) is 7.03. The summed E-state index contributed by atoms with van der Waals surface area (Å²) in [6.07, 6.45) is -4.59. The van der Waals surface area contributed by atoms with Crippen LogP contribution in [0.1, 0.15) is 5.82 Å². The largest absolute Gasteiger partial charge is 0.453 e. The highest BCUT2D eigenvalue weighted by Gasteiger charge is 2.38. The average molecular weight is 385 g/mol. The fraction of sp³-hybridized carbons (Fsp3) is 0.688. The molecule has 0 amide bonds. The summed E-state index contributed by atoms with van der Waals surface area (Å²) in [5, 5.41) is 10.9. The van der Waals surface area contributed by atoms with Crippen LogP contribution in [0.3, 0.4) is 0 Å². The summed E-state index contributed by atoms with van der Waals surface area (Å²) in [5.74, 6) is -0.638. The van der Waals surface area contributed by atoms with Crippen LogP contribution < -0.4 is 4.90 Å². The molecule has 0 N–H and O–H groups in total. The minimum Gasteiger partial charge on any atom is -0.373 e. The number of anilines is 1. The number of halogens is 3. The Morgan fingerprint density at radius 1 is 1.11 bits per heavy atom. The second kappa shape index (κ2) is 7.21. The SMILES string of the molecule is CN1CCN(C[C@@H]2CN(c3ccc4nnc(C(F)(F)F)n4n3)CCO2)CC1. The number of rotatable bonds is 3. The number of morpholine rings is 1. The van der Waals surface area contributed by atoms with Gasteiger partial charge in [0.25, 0.3) is 5.82 Å². The molecule has 0 aromatic carbocycles. The maximum atomic E-state index is 13.1. The van der Waals surface area contributed by atoms with Crippen LogP contribution in [0.2, 0.25) is 0 Å². The molecule has 0 aliphatic carbocycles. The van der Waals surface area contributed by atoms with Crippen LogP contribution >= 0.6 is 0 Å². The van der Waals surface area contributed by atoms with Crippen molar-refractivity contribution in [2.24, 2.45) is 0 Å². The van der Waals surface area contributed by atoms with Crippen molar-refractivity contribution in [3.63, 3.8) is 0 Å². The quantitative estimate of drug-likeness (QED) is 0.767. The molecular weight excluding hydrogens is 363 g/mol. The topological polar surface area (TPSA) is 62.0 Å². The number of fused-ring (bicyclic) bond motifs is 1. The van der Waals surface area contributed by atoms with Gasteiger partial charge >= 0.3 is 6.18 Å². The minimum atomic E-state index is -4.60. The van der Waals surface area contributed by atoms with Gasteiger partial charge in [0.1, 0.15) is 5.82 Å². The smallest absolute Gasteiger partial charge is 0.373 e. The van der Waals surface area contributed by atoms with Crippen molar-refractivity contribution < 1.29 is 17.9 Å². The van der Waals surface area contributed by atoms with E-state index >= 15 is 0 Å². The van der Waals surface area contributed by atoms with Crippen molar-refractivity contribution in [3.8, 4) is 0 Å². The lowest BCUT2D eigenvalue weighted by Gasteiger charge is -2.38. The summed E-state index contributed by atoms with van der Waals surface area (Å²) >= 11 is 0. The third kappa shape index (κ3) is 3.99. The van der Waals surface area contributed by atoms with Crippen molar-refractivity contribution in [2.75, 3.05) is 64.4 Å². The van der Waals surface area contributed by atoms with Crippen molar-refractivity contribution in [3.05, 3.63) is 18.0 Å². The summed E-state index contributed by atoms with van der Waals surface area (Å²) in [6.45, 7) is 6.56. The maximum absolute atomic E-state index is 13.1. The molecule has 0 spiro atoms. The molecule has 2 aromatic heterocycles. The van der Waals surface area contributed by atoms with E-state index in [2.05, 4.69) is 32.1 Å². The molecule has 2 fully saturated rings. The van der Waals surface area contributed by atoms with Crippen LogP contribution in [0, 0.1) is 0 Å². The molecule has 1 atom stereocenters. The molecule has 0 bridgehead atoms. The molecule has 148 valence electrons. The maximum Gasteiger partial charge on any atom is 0.453 e. The molecule has 4 rings (SSSR count). The van der Waals surface area contributed by atoms with Gasteiger partial charge in [-0.2, -0.15) is 17.7 Å². The van der Waals surface area contributed by atoms with E-state index in [0.29, 0.717) is 25.5 Å². The van der Waals surface area contributed by atoms with Gasteiger partial charge in [-0.05, 0) is 19.2 Å². The zero-order valence-electron chi connectivity index (χ0n) is 15.1. The van der Waals surface area contributed by atoms with Gasteiger partial charge in [-0.15, -0.1) is 15.3 Å². The number of likely N-dealkylation sites (N-methyl/N-ethyl adjacent to an activating group) is 1. The van der Waals surface area contributed by atoms with Crippen molar-refractivity contribution in [2.45, 2.75) is 12.3 Å². The number of aromatic nitrogens is 4. The second-order valence-corrected chi connectivity index (χ2v) is 7.03. The van der Waals surface area contributed by atoms with E-state index in [1.807, 2.05) is 4.90 Å². The number of piperazine rings is 1. The van der Waals surface area contributed by atoms with Gasteiger partial charge < -0.3 is 14.5 Å². The molecule has 27 heavy (non-hydrogen) atoms. The Hall–Kier alpha value is -1.98. The Labute approximate surface area is 154 Å². The van der Waals surface area contributed by atoms with E-state index < -0.39 is 12.0 Å². The molecule has 0 radical (unpaired) electrons. The van der Waals surface area contributed by atoms with Crippen LogP contribution in [0.5, 0.6) is 0 Å². The lowest BCUT2D eigenvalue weighted by atomic mass is 10.2. The molecule has 0 saturated carbocycles. The van der Waals surface area contributed by atoms with Crippen LogP contribution in [-0.4, -0.2) is 95.2 Å². The monoisotopic (exact) mass is 385 g/mol. The third-order valence-electron chi connectivity index (χ3n) is 5.02. The molecule has 2 aromatic rings. The normalized spacial score (nSPS) is 23.3. The van der Waals surface area contributed by atoms with Crippen LogP contribution in [0.15, 0.2) is 12.1 Å². The van der Waals surface area contributed by atoms with Crippen LogP contribution in [0.25, 0.3) is 5.65 Å². The molecule has 11 heteroatoms. The predicted octanol–water partition coefficient (Wildman–Crippen LogP) is 0.596. The summed E-state index contributed by atoms with van der Waals surface area (Å²) in [7, 11) is 2.11. The summed E-state index contributed by atoms with van der Waals surface area (Å²) in [4.78, 5) is 6.62. The minimum absolute atomic E-state index is 0.00246. The van der Waals surface area contributed by atoms with Gasteiger partial charge in [0, 0.05) is 45.8 Å². The first-order chi connectivity index (χ1) is 12.9. The standard InChI is InChI=1S/C16H22F3N7O/c1-23-4-6-24(7-5-23)10-12-11-25(8-9-27-12)14-3-2-13-20-21-15(16(17,18)19)26(13)22-14/h2-3,12H,4-11H2,1H3/t12-/m1/s1. The van der Waals surface area contributed by atoms with Gasteiger partial charge in [-0.1, -0.05) is 0 Å². The summed E-state index contributed by atoms with van der Waals surface area (Å²) in [6, 6.07) is 3.19. The lowest BCUT2D eigenvalue weighted by molar-refractivity contribution is -0.146. The molecule has 8 nitrogen and oxygen atoms in total. The highest BCUT2D eigenvalue weighted by atomic mass is 19.4. The number of ether oxygens (including phenoxy) is 1. The molecule has 0 unspecified atom stereocenters. The highest BCUT2D eigenvalue weighted by molar-refractivity contribution is 5.46. The first-order valence-electron chi connectivity index (χ1n) is 8.97. The Bertz CT molecular complexity index is 788. The van der Waals surface area contributed by atoms with Gasteiger partial charge in [-0.3, -0.25) is 4.90 Å². The van der Waals surface area contributed by atoms with E-state index in [0.717, 1.165) is 37.2 Å². The average Bonchev–Trinajstić information content (AvgIpc) is 3.07. The molecule has 2 saturated heterocycles. The summed E-state index contributed by atoms with van der Waals surface area (Å²) < 4.78 is 45.8. The molecule has 2 aliphatic heterocycles. The van der Waals surface area contributed by atoms with E-state index in [1.54, 1.807) is 6.07 Å². The van der Waals surface area contributed by atoms with Crippen LogP contribution in [-0.2, 0) is 10.9 Å². The van der Waals surface area contributed by atoms with Crippen molar-refractivity contribution in [1.29, 1.82) is 0 Å². The van der Waals surface area contributed by atoms with Crippen molar-refractivity contribution in [1.82, 2.24) is 29.6 Å². The van der Waals surface area contributed by atoms with E-state index in [4.69, 9.17) is 4.74 Å². The zero-order valence-corrected chi connectivity index (χ0v) is 15.1. The Kier molecular flexibility index (Phi) is 4.91. The number of hydrogen-bond acceptors (Lipinski definition) is 7. The Morgan fingerprint density at radius 3 is 2.63 bits per heavy atom. The first kappa shape index (κ1) is 18.4. The Morgan fingerprint density at radius 2 is 1.89 bits per heavy atom. The van der Waals surface area contributed by atoms with Gasteiger partial charge in [0.15, 0.2) is 5.65 Å². The molecule has 4 heterocycles. The van der Waals surface area contributed by atoms with Crippen LogP contribution in [0.4, 0.5) is 19.0 Å². The number of nitrogens with zero attached hydrogens (tertiary/aromatic N) is 7. The number of hydrogen-bond donors (Lipinski definition) is 0. The molecular formula is C16H22F3N7O.